The molecule has 4 nitrogen and oxygen atoms in total. The van der Waals surface area contributed by atoms with Crippen molar-refractivity contribution in [2.75, 3.05) is 12.0 Å². The number of aryl methyl sites for hydroxylation is 1. The lowest BCUT2D eigenvalue weighted by atomic mass is 10.0. The van der Waals surface area contributed by atoms with E-state index in [1.165, 1.54) is 10.4 Å². The monoisotopic (exact) mass is 381 g/mol. The van der Waals surface area contributed by atoms with Crippen LogP contribution in [0.3, 0.4) is 0 Å². The first-order valence-corrected chi connectivity index (χ1v) is 9.66. The third-order valence-electron chi connectivity index (χ3n) is 4.60. The molecule has 1 aromatic carbocycles. The zero-order valence-electron chi connectivity index (χ0n) is 14.5. The molecule has 1 saturated heterocycles. The SMILES string of the molecule is COc1cccc(N2C(=S)N[C@H](c3ccccn3)[C@H]2c2sccc2C)c1. The number of aromatic nitrogens is 1. The largest absolute Gasteiger partial charge is 0.497 e. The van der Waals surface area contributed by atoms with Gasteiger partial charge in [-0.1, -0.05) is 12.1 Å². The molecule has 3 aromatic rings. The van der Waals surface area contributed by atoms with Crippen molar-refractivity contribution in [1.29, 1.82) is 0 Å². The van der Waals surface area contributed by atoms with Crippen LogP contribution in [-0.2, 0) is 0 Å². The van der Waals surface area contributed by atoms with Gasteiger partial charge in [0.25, 0.3) is 0 Å². The van der Waals surface area contributed by atoms with E-state index in [1.807, 2.05) is 42.6 Å². The van der Waals surface area contributed by atoms with Gasteiger partial charge in [-0.05, 0) is 60.4 Å². The van der Waals surface area contributed by atoms with E-state index in [2.05, 4.69) is 39.6 Å². The number of pyridine rings is 1. The highest BCUT2D eigenvalue weighted by Crippen LogP contribution is 2.44. The Bertz CT molecular complexity index is 926. The van der Waals surface area contributed by atoms with Crippen molar-refractivity contribution in [3.8, 4) is 5.75 Å². The Balaban J connectivity index is 1.84. The van der Waals surface area contributed by atoms with Gasteiger partial charge in [0.1, 0.15) is 5.75 Å². The van der Waals surface area contributed by atoms with E-state index in [0.717, 1.165) is 17.1 Å². The number of hydrogen-bond acceptors (Lipinski definition) is 4. The van der Waals surface area contributed by atoms with Crippen molar-refractivity contribution in [3.05, 3.63) is 76.2 Å². The highest BCUT2D eigenvalue weighted by atomic mass is 32.1. The summed E-state index contributed by atoms with van der Waals surface area (Å²) in [6.45, 7) is 2.15. The molecule has 2 aromatic heterocycles. The van der Waals surface area contributed by atoms with Gasteiger partial charge in [-0.15, -0.1) is 11.3 Å². The van der Waals surface area contributed by atoms with Gasteiger partial charge in [-0.25, -0.2) is 0 Å². The topological polar surface area (TPSA) is 37.4 Å². The highest BCUT2D eigenvalue weighted by molar-refractivity contribution is 7.80. The normalized spacial score (nSPS) is 19.5. The summed E-state index contributed by atoms with van der Waals surface area (Å²) in [7, 11) is 1.68. The number of ether oxygens (including phenoxy) is 1. The van der Waals surface area contributed by atoms with Gasteiger partial charge in [0.05, 0.1) is 24.9 Å². The second kappa shape index (κ2) is 7.05. The maximum atomic E-state index is 5.72. The van der Waals surface area contributed by atoms with Gasteiger partial charge < -0.3 is 15.0 Å². The minimum absolute atomic E-state index is 0.00717. The molecule has 0 radical (unpaired) electrons. The molecular weight excluding hydrogens is 362 g/mol. The first-order valence-electron chi connectivity index (χ1n) is 8.37. The van der Waals surface area contributed by atoms with Crippen LogP contribution in [-0.4, -0.2) is 17.2 Å². The minimum Gasteiger partial charge on any atom is -0.497 e. The fourth-order valence-corrected chi connectivity index (χ4v) is 4.75. The Hall–Kier alpha value is -2.44. The Morgan fingerprint density at radius 1 is 1.19 bits per heavy atom. The predicted molar refractivity (Wildman–Crippen MR) is 110 cm³/mol. The summed E-state index contributed by atoms with van der Waals surface area (Å²) in [6.07, 6.45) is 1.83. The maximum Gasteiger partial charge on any atom is 0.174 e. The average Bonchev–Trinajstić information content (AvgIpc) is 3.25. The third-order valence-corrected chi connectivity index (χ3v) is 6.00. The summed E-state index contributed by atoms with van der Waals surface area (Å²) in [5, 5.41) is 6.31. The number of benzene rings is 1. The molecule has 0 amide bonds. The van der Waals surface area contributed by atoms with Gasteiger partial charge in [-0.2, -0.15) is 0 Å². The van der Waals surface area contributed by atoms with E-state index in [1.54, 1.807) is 18.4 Å². The second-order valence-electron chi connectivity index (χ2n) is 6.17. The summed E-state index contributed by atoms with van der Waals surface area (Å²) in [5.74, 6) is 0.813. The summed E-state index contributed by atoms with van der Waals surface area (Å²) in [5.41, 5.74) is 3.26. The molecule has 0 bridgehead atoms. The van der Waals surface area contributed by atoms with Crippen molar-refractivity contribution in [2.45, 2.75) is 19.0 Å². The van der Waals surface area contributed by atoms with Crippen LogP contribution in [0.5, 0.6) is 5.75 Å². The number of nitrogens with zero attached hydrogens (tertiary/aromatic N) is 2. The van der Waals surface area contributed by atoms with Crippen molar-refractivity contribution >= 4 is 34.4 Å². The Kier molecular flexibility index (Phi) is 4.61. The lowest BCUT2D eigenvalue weighted by Gasteiger charge is -2.27. The molecule has 3 heterocycles. The summed E-state index contributed by atoms with van der Waals surface area (Å²) in [4.78, 5) is 8.04. The molecule has 6 heteroatoms. The molecule has 0 spiro atoms. The van der Waals surface area contributed by atoms with Crippen LogP contribution in [0.2, 0.25) is 0 Å². The predicted octanol–water partition coefficient (Wildman–Crippen LogP) is 4.64. The van der Waals surface area contributed by atoms with Crippen LogP contribution in [0.25, 0.3) is 0 Å². The first-order chi connectivity index (χ1) is 12.7. The molecule has 1 fully saturated rings. The van der Waals surface area contributed by atoms with Crippen LogP contribution in [0.4, 0.5) is 5.69 Å². The van der Waals surface area contributed by atoms with Gasteiger partial charge in [0.2, 0.25) is 0 Å². The number of hydrogen-bond donors (Lipinski definition) is 1. The van der Waals surface area contributed by atoms with Gasteiger partial charge in [0.15, 0.2) is 5.11 Å². The van der Waals surface area contributed by atoms with E-state index in [-0.39, 0.29) is 12.1 Å². The molecule has 132 valence electrons. The average molecular weight is 382 g/mol. The molecule has 26 heavy (non-hydrogen) atoms. The maximum absolute atomic E-state index is 5.72. The molecule has 1 aliphatic rings. The lowest BCUT2D eigenvalue weighted by molar-refractivity contribution is 0.415. The summed E-state index contributed by atoms with van der Waals surface area (Å²) >= 11 is 7.48. The molecule has 0 aliphatic carbocycles. The number of thiophene rings is 1. The Morgan fingerprint density at radius 3 is 2.77 bits per heavy atom. The fraction of sp³-hybridized carbons (Fsp3) is 0.200. The van der Waals surface area contributed by atoms with Crippen molar-refractivity contribution in [3.63, 3.8) is 0 Å². The Labute approximate surface area is 162 Å². The number of nitrogens with one attached hydrogen (secondary N) is 1. The van der Waals surface area contributed by atoms with Crippen molar-refractivity contribution in [1.82, 2.24) is 10.3 Å². The zero-order chi connectivity index (χ0) is 18.1. The minimum atomic E-state index is -0.00717. The zero-order valence-corrected chi connectivity index (χ0v) is 16.2. The fourth-order valence-electron chi connectivity index (χ4n) is 3.35. The van der Waals surface area contributed by atoms with Crippen molar-refractivity contribution < 1.29 is 4.74 Å². The van der Waals surface area contributed by atoms with Crippen LogP contribution < -0.4 is 15.0 Å². The summed E-state index contributed by atoms with van der Waals surface area (Å²) < 4.78 is 5.41. The van der Waals surface area contributed by atoms with Gasteiger partial charge >= 0.3 is 0 Å². The lowest BCUT2D eigenvalue weighted by Crippen LogP contribution is -2.29. The van der Waals surface area contributed by atoms with Crippen LogP contribution >= 0.6 is 23.6 Å². The standard InChI is InChI=1S/C20H19N3OS2/c1-13-9-11-26-19(13)18-17(16-8-3-4-10-21-16)22-20(25)23(18)14-6-5-7-15(12-14)24-2/h3-12,17-18H,1-2H3,(H,22,25)/t17-,18+/m1/s1. The number of methoxy groups -OCH3 is 1. The highest BCUT2D eigenvalue weighted by Gasteiger charge is 2.41. The molecule has 1 N–H and O–H groups in total. The Morgan fingerprint density at radius 2 is 2.08 bits per heavy atom. The number of rotatable bonds is 4. The van der Waals surface area contributed by atoms with E-state index in [9.17, 15) is 0 Å². The molecule has 4 rings (SSSR count). The molecule has 0 unspecified atom stereocenters. The number of anilines is 1. The van der Waals surface area contributed by atoms with Gasteiger partial charge in [-0.3, -0.25) is 4.98 Å². The van der Waals surface area contributed by atoms with E-state index >= 15 is 0 Å². The van der Waals surface area contributed by atoms with E-state index in [0.29, 0.717) is 5.11 Å². The second-order valence-corrected chi connectivity index (χ2v) is 7.50. The van der Waals surface area contributed by atoms with E-state index in [4.69, 9.17) is 17.0 Å². The van der Waals surface area contributed by atoms with Crippen LogP contribution in [0.15, 0.2) is 60.1 Å². The van der Waals surface area contributed by atoms with Crippen molar-refractivity contribution in [2.24, 2.45) is 0 Å². The van der Waals surface area contributed by atoms with Crippen LogP contribution in [0, 0.1) is 6.92 Å². The van der Waals surface area contributed by atoms with Gasteiger partial charge in [0, 0.05) is 22.8 Å². The van der Waals surface area contributed by atoms with Crippen LogP contribution in [0.1, 0.15) is 28.2 Å². The molecule has 0 saturated carbocycles. The third kappa shape index (κ3) is 2.95. The molecule has 2 atom stereocenters. The number of thiocarbonyl (C=S) groups is 1. The quantitative estimate of drug-likeness (QED) is 0.667. The molecule has 1 aliphatic heterocycles. The smallest absolute Gasteiger partial charge is 0.174 e. The van der Waals surface area contributed by atoms with E-state index < -0.39 is 0 Å². The molecular formula is C20H19N3OS2. The summed E-state index contributed by atoms with van der Waals surface area (Å²) in [6, 6.07) is 16.2. The first kappa shape index (κ1) is 17.0.